The number of hydrogen-bond acceptors (Lipinski definition) is 2. The number of benzene rings is 11. The average Bonchev–Trinajstić information content (AvgIpc) is 3.79. The van der Waals surface area contributed by atoms with E-state index in [0.29, 0.717) is 0 Å². The normalized spacial score (nSPS) is 11.5. The molecule has 1 heterocycles. The highest BCUT2D eigenvalue weighted by Crippen LogP contribution is 2.43. The Balaban J connectivity index is 0.897. The Bertz CT molecular complexity index is 3580. The summed E-state index contributed by atoms with van der Waals surface area (Å²) in [6, 6.07) is 85.5. The van der Waals surface area contributed by atoms with Crippen molar-refractivity contribution in [2.45, 2.75) is 0 Å². The van der Waals surface area contributed by atoms with E-state index < -0.39 is 0 Å². The molecule has 12 rings (SSSR count). The number of anilines is 3. The van der Waals surface area contributed by atoms with Crippen LogP contribution in [0.4, 0.5) is 17.1 Å². The highest BCUT2D eigenvalue weighted by atomic mass is 16.3. The maximum atomic E-state index is 6.19. The molecule has 2 heteroatoms. The van der Waals surface area contributed by atoms with Crippen LogP contribution >= 0.6 is 0 Å². The lowest BCUT2D eigenvalue weighted by Gasteiger charge is -2.28. The van der Waals surface area contributed by atoms with Crippen molar-refractivity contribution < 1.29 is 4.42 Å². The van der Waals surface area contributed by atoms with Crippen LogP contribution in [0, 0.1) is 0 Å². The predicted octanol–water partition coefficient (Wildman–Crippen LogP) is 17.2. The first kappa shape index (κ1) is 35.7. The first-order valence-electron chi connectivity index (χ1n) is 21.2. The number of furan rings is 1. The highest BCUT2D eigenvalue weighted by Gasteiger charge is 2.18. The minimum atomic E-state index is 0.880. The van der Waals surface area contributed by atoms with Crippen LogP contribution in [0.15, 0.2) is 241 Å². The fourth-order valence-electron chi connectivity index (χ4n) is 9.28. The summed E-state index contributed by atoms with van der Waals surface area (Å²) in [4.78, 5) is 2.41. The molecular weight excluding hydrogens is 751 g/mol. The lowest BCUT2D eigenvalue weighted by atomic mass is 9.96. The van der Waals surface area contributed by atoms with Crippen molar-refractivity contribution >= 4 is 71.1 Å². The lowest BCUT2D eigenvalue weighted by molar-refractivity contribution is 0.631. The SMILES string of the molecule is c1cc(-c2ccc(-c3ccc(N(c4ccc(-c5ccc6c(ccc7ccccc76)c5)cc4)c4cc5ccccc5c5ccccc45)cc3)cc2)cc(-c2cc3ccccc3o2)c1. The summed E-state index contributed by atoms with van der Waals surface area (Å²) in [5, 5.41) is 11.1. The molecule has 2 nitrogen and oxygen atoms in total. The van der Waals surface area contributed by atoms with Gasteiger partial charge in [0.15, 0.2) is 0 Å². The van der Waals surface area contributed by atoms with Gasteiger partial charge >= 0.3 is 0 Å². The number of nitrogens with zero attached hydrogens (tertiary/aromatic N) is 1. The number of para-hydroxylation sites is 1. The number of fused-ring (bicyclic) bond motifs is 7. The Hall–Kier alpha value is -8.20. The molecule has 0 saturated heterocycles. The van der Waals surface area contributed by atoms with Gasteiger partial charge in [-0.2, -0.15) is 0 Å². The van der Waals surface area contributed by atoms with Gasteiger partial charge in [-0.3, -0.25) is 0 Å². The third-order valence-electron chi connectivity index (χ3n) is 12.4. The van der Waals surface area contributed by atoms with Crippen molar-refractivity contribution in [3.8, 4) is 44.7 Å². The summed E-state index contributed by atoms with van der Waals surface area (Å²) in [5.74, 6) is 0.880. The fourth-order valence-corrected chi connectivity index (χ4v) is 9.28. The maximum Gasteiger partial charge on any atom is 0.135 e. The van der Waals surface area contributed by atoms with Crippen LogP contribution < -0.4 is 4.90 Å². The molecule has 1 aromatic heterocycles. The molecule has 0 amide bonds. The quantitative estimate of drug-likeness (QED) is 0.150. The highest BCUT2D eigenvalue weighted by molar-refractivity contribution is 6.14. The molecule has 0 aliphatic heterocycles. The van der Waals surface area contributed by atoms with Crippen LogP contribution in [0.5, 0.6) is 0 Å². The van der Waals surface area contributed by atoms with Crippen molar-refractivity contribution in [3.05, 3.63) is 237 Å². The second-order valence-electron chi connectivity index (χ2n) is 16.1. The summed E-state index contributed by atoms with van der Waals surface area (Å²) >= 11 is 0. The van der Waals surface area contributed by atoms with E-state index in [-0.39, 0.29) is 0 Å². The number of rotatable bonds is 7. The van der Waals surface area contributed by atoms with E-state index in [1.165, 1.54) is 70.9 Å². The first-order chi connectivity index (χ1) is 30.7. The predicted molar refractivity (Wildman–Crippen MR) is 263 cm³/mol. The molecule has 0 unspecified atom stereocenters. The van der Waals surface area contributed by atoms with E-state index in [1.54, 1.807) is 0 Å². The molecule has 0 atom stereocenters. The topological polar surface area (TPSA) is 16.4 Å². The largest absolute Gasteiger partial charge is 0.456 e. The molecule has 0 saturated carbocycles. The Kier molecular flexibility index (Phi) is 8.53. The van der Waals surface area contributed by atoms with E-state index in [9.17, 15) is 0 Å². The van der Waals surface area contributed by atoms with Gasteiger partial charge in [-0.05, 0) is 126 Å². The zero-order valence-corrected chi connectivity index (χ0v) is 33.9. The van der Waals surface area contributed by atoms with Gasteiger partial charge in [0.1, 0.15) is 11.3 Å². The van der Waals surface area contributed by atoms with Crippen LogP contribution in [0.25, 0.3) is 98.8 Å². The molecule has 11 aromatic carbocycles. The van der Waals surface area contributed by atoms with Gasteiger partial charge in [-0.15, -0.1) is 0 Å². The molecule has 0 aliphatic rings. The standard InChI is InChI=1S/C60H39NO/c1-4-15-53-44(10-1)24-25-48-36-46(30-35-55(48)53)43-28-33-52(34-29-43)61(58-38-47-11-2-5-16-54(47)56-17-6-7-18-57(56)58)51-31-26-41(27-32-51)40-20-22-42(23-21-40)45-13-9-14-49(37-45)60-39-50-12-3-8-19-59(50)62-60/h1-39H. The second kappa shape index (κ2) is 14.8. The smallest absolute Gasteiger partial charge is 0.135 e. The van der Waals surface area contributed by atoms with Gasteiger partial charge in [0, 0.05) is 27.7 Å². The zero-order valence-electron chi connectivity index (χ0n) is 33.9. The van der Waals surface area contributed by atoms with Crippen LogP contribution in [0.2, 0.25) is 0 Å². The van der Waals surface area contributed by atoms with E-state index in [0.717, 1.165) is 44.9 Å². The molecule has 290 valence electrons. The van der Waals surface area contributed by atoms with Crippen LogP contribution in [0.3, 0.4) is 0 Å². The van der Waals surface area contributed by atoms with E-state index >= 15 is 0 Å². The molecule has 0 fully saturated rings. The van der Waals surface area contributed by atoms with E-state index in [2.05, 4.69) is 223 Å². The van der Waals surface area contributed by atoms with E-state index in [1.807, 2.05) is 18.2 Å². The van der Waals surface area contributed by atoms with Crippen molar-refractivity contribution in [1.82, 2.24) is 0 Å². The van der Waals surface area contributed by atoms with Crippen molar-refractivity contribution in [2.24, 2.45) is 0 Å². The molecule has 0 N–H and O–H groups in total. The van der Waals surface area contributed by atoms with Crippen LogP contribution in [-0.2, 0) is 0 Å². The monoisotopic (exact) mass is 789 g/mol. The zero-order chi connectivity index (χ0) is 41.0. The summed E-state index contributed by atoms with van der Waals surface area (Å²) < 4.78 is 6.19. The van der Waals surface area contributed by atoms with Crippen molar-refractivity contribution in [1.29, 1.82) is 0 Å². The summed E-state index contributed by atoms with van der Waals surface area (Å²) in [5.41, 5.74) is 12.4. The van der Waals surface area contributed by atoms with Gasteiger partial charge in [0.05, 0.1) is 5.69 Å². The minimum absolute atomic E-state index is 0.880. The molecule has 0 radical (unpaired) electrons. The maximum absolute atomic E-state index is 6.19. The second-order valence-corrected chi connectivity index (χ2v) is 16.1. The molecular formula is C60H39NO. The van der Waals surface area contributed by atoms with Crippen LogP contribution in [0.1, 0.15) is 0 Å². The van der Waals surface area contributed by atoms with Gasteiger partial charge in [-0.1, -0.05) is 182 Å². The van der Waals surface area contributed by atoms with E-state index in [4.69, 9.17) is 4.42 Å². The Morgan fingerprint density at radius 2 is 0.726 bits per heavy atom. The fraction of sp³-hybridized carbons (Fsp3) is 0. The molecule has 0 bridgehead atoms. The average molecular weight is 790 g/mol. The van der Waals surface area contributed by atoms with Gasteiger partial charge in [0.2, 0.25) is 0 Å². The van der Waals surface area contributed by atoms with Crippen molar-refractivity contribution in [2.75, 3.05) is 4.90 Å². The lowest BCUT2D eigenvalue weighted by Crippen LogP contribution is -2.10. The minimum Gasteiger partial charge on any atom is -0.456 e. The Morgan fingerprint density at radius 1 is 0.258 bits per heavy atom. The van der Waals surface area contributed by atoms with Crippen molar-refractivity contribution in [3.63, 3.8) is 0 Å². The van der Waals surface area contributed by atoms with Crippen LogP contribution in [-0.4, -0.2) is 0 Å². The summed E-state index contributed by atoms with van der Waals surface area (Å²) in [7, 11) is 0. The molecule has 0 aliphatic carbocycles. The summed E-state index contributed by atoms with van der Waals surface area (Å²) in [6.45, 7) is 0. The number of hydrogen-bond donors (Lipinski definition) is 0. The first-order valence-corrected chi connectivity index (χ1v) is 21.2. The Morgan fingerprint density at radius 3 is 1.42 bits per heavy atom. The van der Waals surface area contributed by atoms with Gasteiger partial charge in [0.25, 0.3) is 0 Å². The third kappa shape index (κ3) is 6.29. The van der Waals surface area contributed by atoms with Gasteiger partial charge in [-0.25, -0.2) is 0 Å². The summed E-state index contributed by atoms with van der Waals surface area (Å²) in [6.07, 6.45) is 0. The molecule has 12 aromatic rings. The molecule has 0 spiro atoms. The Labute approximate surface area is 360 Å². The molecule has 62 heavy (non-hydrogen) atoms. The van der Waals surface area contributed by atoms with Gasteiger partial charge < -0.3 is 9.32 Å². The third-order valence-corrected chi connectivity index (χ3v) is 12.4.